The molecule has 0 unspecified atom stereocenters. The Kier molecular flexibility index (Phi) is 1.37. The van der Waals surface area contributed by atoms with Gasteiger partial charge in [0.05, 0.1) is 0 Å². The molecule has 0 aliphatic rings. The quantitative estimate of drug-likeness (QED) is 0.600. The van der Waals surface area contributed by atoms with Crippen molar-refractivity contribution in [2.24, 2.45) is 0 Å². The summed E-state index contributed by atoms with van der Waals surface area (Å²) in [6.07, 6.45) is 5.45. The van der Waals surface area contributed by atoms with Crippen LogP contribution in [-0.2, 0) is 0 Å². The first-order valence-electron chi connectivity index (χ1n) is 3.05. The van der Waals surface area contributed by atoms with Crippen molar-refractivity contribution in [2.75, 3.05) is 0 Å². The first-order valence-corrected chi connectivity index (χ1v) is 3.05. The van der Waals surface area contributed by atoms with Crippen molar-refractivity contribution >= 4 is 0 Å². The molecule has 0 bridgehead atoms. The Bertz CT molecular complexity index is 317. The topological polar surface area (TPSA) is 51.8 Å². The molecule has 4 nitrogen and oxygen atoms in total. The highest BCUT2D eigenvalue weighted by molar-refractivity contribution is 5.50. The Morgan fingerprint density at radius 2 is 2.36 bits per heavy atom. The summed E-state index contributed by atoms with van der Waals surface area (Å²) < 4.78 is 4.78. The first-order chi connectivity index (χ1) is 5.47. The predicted octanol–water partition coefficient (Wildman–Crippen LogP) is 0.932. The summed E-state index contributed by atoms with van der Waals surface area (Å²) in [5.41, 5.74) is 1.38. The van der Waals surface area contributed by atoms with Crippen molar-refractivity contribution in [1.82, 2.24) is 15.2 Å². The van der Waals surface area contributed by atoms with E-state index in [1.165, 1.54) is 12.7 Å². The normalized spacial score (nSPS) is 9.82. The zero-order valence-corrected chi connectivity index (χ0v) is 5.56. The van der Waals surface area contributed by atoms with E-state index in [1.807, 2.05) is 0 Å². The van der Waals surface area contributed by atoms with Crippen molar-refractivity contribution in [2.45, 2.75) is 0 Å². The predicted molar refractivity (Wildman–Crippen MR) is 36.4 cm³/mol. The third kappa shape index (κ3) is 1.10. The fraction of sp³-hybridized carbons (Fsp3) is 0. The van der Waals surface area contributed by atoms with Crippen LogP contribution in [0.5, 0.6) is 0 Å². The molecule has 2 aromatic rings. The maximum Gasteiger partial charge on any atom is 0.181 e. The maximum absolute atomic E-state index is 4.78. The molecule has 1 radical (unpaired) electrons. The number of rotatable bonds is 1. The highest BCUT2D eigenvalue weighted by Gasteiger charge is 1.99. The molecule has 2 rings (SSSR count). The lowest BCUT2D eigenvalue weighted by Gasteiger charge is -1.88. The van der Waals surface area contributed by atoms with Gasteiger partial charge in [-0.15, -0.1) is 10.2 Å². The van der Waals surface area contributed by atoms with E-state index >= 15 is 0 Å². The lowest BCUT2D eigenvalue weighted by atomic mass is 10.3. The molecule has 0 aliphatic carbocycles. The molecule has 4 heteroatoms. The molecule has 0 aliphatic heterocycles. The van der Waals surface area contributed by atoms with Crippen LogP contribution in [0, 0.1) is 6.20 Å². The second kappa shape index (κ2) is 2.49. The number of aromatic nitrogens is 3. The van der Waals surface area contributed by atoms with E-state index in [9.17, 15) is 0 Å². The first kappa shape index (κ1) is 6.03. The van der Waals surface area contributed by atoms with Gasteiger partial charge in [0.15, 0.2) is 6.39 Å². The summed E-state index contributed by atoms with van der Waals surface area (Å²) in [6, 6.07) is 3.45. The highest BCUT2D eigenvalue weighted by atomic mass is 16.3. The van der Waals surface area contributed by atoms with Crippen molar-refractivity contribution < 1.29 is 4.42 Å². The van der Waals surface area contributed by atoms with Crippen molar-refractivity contribution in [3.8, 4) is 11.4 Å². The van der Waals surface area contributed by atoms with Crippen molar-refractivity contribution in [3.63, 3.8) is 0 Å². The van der Waals surface area contributed by atoms with E-state index in [4.69, 9.17) is 4.42 Å². The van der Waals surface area contributed by atoms with Crippen LogP contribution in [0.25, 0.3) is 11.4 Å². The minimum atomic E-state index is 0.687. The molecule has 0 aromatic carbocycles. The van der Waals surface area contributed by atoms with Gasteiger partial charge in [-0.05, 0) is 12.1 Å². The Hall–Kier alpha value is -1.71. The van der Waals surface area contributed by atoms with Crippen LogP contribution >= 0.6 is 0 Å². The van der Waals surface area contributed by atoms with Gasteiger partial charge in [-0.3, -0.25) is 0 Å². The molecule has 0 N–H and O–H groups in total. The van der Waals surface area contributed by atoms with Crippen LogP contribution in [0.15, 0.2) is 29.2 Å². The van der Waals surface area contributed by atoms with Gasteiger partial charge in [0.2, 0.25) is 0 Å². The number of nitrogens with zero attached hydrogens (tertiary/aromatic N) is 3. The van der Waals surface area contributed by atoms with Gasteiger partial charge < -0.3 is 4.42 Å². The number of hydrogen-bond donors (Lipinski definition) is 0. The van der Waals surface area contributed by atoms with Crippen LogP contribution in [0.4, 0.5) is 0 Å². The smallest absolute Gasteiger partial charge is 0.181 e. The van der Waals surface area contributed by atoms with Crippen LogP contribution in [0.2, 0.25) is 0 Å². The van der Waals surface area contributed by atoms with Crippen LogP contribution in [-0.4, -0.2) is 15.2 Å². The Morgan fingerprint density at radius 1 is 1.36 bits per heavy atom. The van der Waals surface area contributed by atoms with Crippen molar-refractivity contribution in [1.29, 1.82) is 0 Å². The molecule has 53 valence electrons. The third-order valence-electron chi connectivity index (χ3n) is 1.23. The Morgan fingerprint density at radius 3 is 3.00 bits per heavy atom. The summed E-state index contributed by atoms with van der Waals surface area (Å²) in [5.74, 6) is 0. The van der Waals surface area contributed by atoms with E-state index in [2.05, 4.69) is 21.4 Å². The molecular weight excluding hydrogens is 142 g/mol. The minimum absolute atomic E-state index is 0.687. The molecule has 2 heterocycles. The molecule has 0 atom stereocenters. The standard InChI is InChI=1S/C7H4N3O/c1-2-6(10-9-3-1)7-4-11-5-8-7/h1-2,4-5H. The van der Waals surface area contributed by atoms with Gasteiger partial charge in [0, 0.05) is 0 Å². The summed E-state index contributed by atoms with van der Waals surface area (Å²) >= 11 is 0. The van der Waals surface area contributed by atoms with Gasteiger partial charge in [0.1, 0.15) is 23.8 Å². The molecule has 11 heavy (non-hydrogen) atoms. The summed E-state index contributed by atoms with van der Waals surface area (Å²) in [7, 11) is 0. The van der Waals surface area contributed by atoms with E-state index in [0.717, 1.165) is 0 Å². The lowest BCUT2D eigenvalue weighted by molar-refractivity contribution is 0.558. The van der Waals surface area contributed by atoms with Gasteiger partial charge in [-0.25, -0.2) is 4.98 Å². The summed E-state index contributed by atoms with van der Waals surface area (Å²) in [6.45, 7) is 0. The van der Waals surface area contributed by atoms with E-state index in [0.29, 0.717) is 11.4 Å². The second-order valence-electron chi connectivity index (χ2n) is 1.92. The zero-order chi connectivity index (χ0) is 7.52. The molecule has 0 saturated heterocycles. The molecule has 2 aromatic heterocycles. The van der Waals surface area contributed by atoms with Gasteiger partial charge in [-0.1, -0.05) is 0 Å². The van der Waals surface area contributed by atoms with Crippen LogP contribution < -0.4 is 0 Å². The van der Waals surface area contributed by atoms with Gasteiger partial charge in [-0.2, -0.15) is 0 Å². The minimum Gasteiger partial charge on any atom is -0.451 e. The van der Waals surface area contributed by atoms with E-state index in [-0.39, 0.29) is 0 Å². The fourth-order valence-electron chi connectivity index (χ4n) is 0.741. The molecule has 0 amide bonds. The molecule has 0 fully saturated rings. The second-order valence-corrected chi connectivity index (χ2v) is 1.92. The van der Waals surface area contributed by atoms with Crippen molar-refractivity contribution in [3.05, 3.63) is 31.0 Å². The zero-order valence-electron chi connectivity index (χ0n) is 5.56. The molecular formula is C7H4N3O. The van der Waals surface area contributed by atoms with Crippen LogP contribution in [0.3, 0.4) is 0 Å². The summed E-state index contributed by atoms with van der Waals surface area (Å²) in [5, 5.41) is 7.38. The summed E-state index contributed by atoms with van der Waals surface area (Å²) in [4.78, 5) is 3.90. The van der Waals surface area contributed by atoms with E-state index < -0.39 is 0 Å². The maximum atomic E-state index is 4.78. The molecule has 0 spiro atoms. The average molecular weight is 146 g/mol. The lowest BCUT2D eigenvalue weighted by Crippen LogP contribution is -1.84. The van der Waals surface area contributed by atoms with Gasteiger partial charge in [0.25, 0.3) is 0 Å². The Labute approximate surface area is 62.9 Å². The average Bonchev–Trinajstić information content (AvgIpc) is 2.58. The highest BCUT2D eigenvalue weighted by Crippen LogP contribution is 2.10. The molecule has 0 saturated carbocycles. The van der Waals surface area contributed by atoms with E-state index in [1.54, 1.807) is 12.1 Å². The number of oxazole rings is 1. The SMILES string of the molecule is [c]1ccc(-c2cocn2)nn1. The van der Waals surface area contributed by atoms with Crippen LogP contribution in [0.1, 0.15) is 0 Å². The third-order valence-corrected chi connectivity index (χ3v) is 1.23. The number of hydrogen-bond acceptors (Lipinski definition) is 4. The fourth-order valence-corrected chi connectivity index (χ4v) is 0.741. The Balaban J connectivity index is 2.46. The monoisotopic (exact) mass is 146 g/mol. The van der Waals surface area contributed by atoms with Gasteiger partial charge >= 0.3 is 0 Å². The largest absolute Gasteiger partial charge is 0.451 e.